The Hall–Kier alpha value is -3.47. The molecule has 0 bridgehead atoms. The van der Waals surface area contributed by atoms with Gasteiger partial charge in [0.05, 0.1) is 5.69 Å². The SMILES string of the molecule is C[C@@H]1CCN(c2nc(Nc3cc(C4CC4)[nH]n3)c3cccn3n2)C1.Cc1cc(NC=O)sn1. The van der Waals surface area contributed by atoms with Gasteiger partial charge in [0.15, 0.2) is 11.6 Å². The average Bonchev–Trinajstić information content (AvgIpc) is 3.20. The van der Waals surface area contributed by atoms with Gasteiger partial charge in [-0.3, -0.25) is 9.89 Å². The number of H-pyrrole nitrogens is 1. The van der Waals surface area contributed by atoms with E-state index < -0.39 is 0 Å². The number of aromatic nitrogens is 6. The van der Waals surface area contributed by atoms with Crippen molar-refractivity contribution >= 4 is 46.0 Å². The molecule has 172 valence electrons. The summed E-state index contributed by atoms with van der Waals surface area (Å²) in [5.41, 5.74) is 3.11. The van der Waals surface area contributed by atoms with Gasteiger partial charge in [-0.1, -0.05) is 6.92 Å². The number of amides is 1. The van der Waals surface area contributed by atoms with Gasteiger partial charge in [0.1, 0.15) is 10.5 Å². The normalized spacial score (nSPS) is 17.6. The van der Waals surface area contributed by atoms with E-state index in [1.807, 2.05) is 35.8 Å². The number of aryl methyl sites for hydroxylation is 1. The molecule has 1 saturated carbocycles. The quantitative estimate of drug-likeness (QED) is 0.369. The summed E-state index contributed by atoms with van der Waals surface area (Å²) in [7, 11) is 0. The van der Waals surface area contributed by atoms with E-state index in [4.69, 9.17) is 4.98 Å². The summed E-state index contributed by atoms with van der Waals surface area (Å²) in [5, 5.41) is 18.8. The van der Waals surface area contributed by atoms with E-state index in [0.29, 0.717) is 18.2 Å². The van der Waals surface area contributed by atoms with Gasteiger partial charge < -0.3 is 15.5 Å². The lowest BCUT2D eigenvalue weighted by Gasteiger charge is -2.17. The number of hydrogen-bond acceptors (Lipinski definition) is 8. The maximum absolute atomic E-state index is 9.85. The first-order valence-electron chi connectivity index (χ1n) is 11.1. The van der Waals surface area contributed by atoms with Gasteiger partial charge in [-0.05, 0) is 61.8 Å². The zero-order valence-corrected chi connectivity index (χ0v) is 19.5. The van der Waals surface area contributed by atoms with Crippen molar-refractivity contribution in [1.29, 1.82) is 0 Å². The minimum absolute atomic E-state index is 0.646. The summed E-state index contributed by atoms with van der Waals surface area (Å²) in [6.45, 7) is 6.19. The fourth-order valence-corrected chi connectivity index (χ4v) is 4.50. The van der Waals surface area contributed by atoms with Gasteiger partial charge in [0.25, 0.3) is 0 Å². The average molecular weight is 466 g/mol. The molecule has 33 heavy (non-hydrogen) atoms. The molecule has 10 nitrogen and oxygen atoms in total. The predicted octanol–water partition coefficient (Wildman–Crippen LogP) is 3.94. The molecule has 0 unspecified atom stereocenters. The van der Waals surface area contributed by atoms with Crippen molar-refractivity contribution in [1.82, 2.24) is 29.2 Å². The van der Waals surface area contributed by atoms with Crippen LogP contribution in [0.2, 0.25) is 0 Å². The van der Waals surface area contributed by atoms with Crippen molar-refractivity contribution in [2.45, 2.75) is 39.0 Å². The molecule has 1 aliphatic carbocycles. The highest BCUT2D eigenvalue weighted by Gasteiger charge is 2.26. The van der Waals surface area contributed by atoms with Gasteiger partial charge in [-0.25, -0.2) is 4.52 Å². The van der Waals surface area contributed by atoms with Crippen LogP contribution in [0.15, 0.2) is 30.5 Å². The molecule has 3 N–H and O–H groups in total. The molecule has 11 heteroatoms. The first kappa shape index (κ1) is 21.4. The van der Waals surface area contributed by atoms with E-state index in [9.17, 15) is 4.79 Å². The molecule has 6 rings (SSSR count). The third kappa shape index (κ3) is 4.98. The van der Waals surface area contributed by atoms with E-state index in [1.54, 1.807) is 0 Å². The molecular formula is C22H27N9OS. The number of fused-ring (bicyclic) bond motifs is 1. The van der Waals surface area contributed by atoms with Crippen molar-refractivity contribution in [3.05, 3.63) is 41.9 Å². The molecular weight excluding hydrogens is 438 g/mol. The minimum Gasteiger partial charge on any atom is -0.339 e. The molecule has 0 spiro atoms. The van der Waals surface area contributed by atoms with Crippen LogP contribution in [0.3, 0.4) is 0 Å². The summed E-state index contributed by atoms with van der Waals surface area (Å²) in [4.78, 5) is 16.9. The number of carbonyl (C=O) groups excluding carboxylic acids is 1. The Morgan fingerprint density at radius 2 is 2.15 bits per heavy atom. The molecule has 4 aromatic heterocycles. The van der Waals surface area contributed by atoms with Crippen LogP contribution in [0.25, 0.3) is 5.52 Å². The van der Waals surface area contributed by atoms with E-state index in [0.717, 1.165) is 46.9 Å². The van der Waals surface area contributed by atoms with Gasteiger partial charge >= 0.3 is 0 Å². The van der Waals surface area contributed by atoms with E-state index in [-0.39, 0.29) is 0 Å². The highest BCUT2D eigenvalue weighted by molar-refractivity contribution is 7.10. The zero-order valence-electron chi connectivity index (χ0n) is 18.7. The number of anilines is 4. The van der Waals surface area contributed by atoms with Crippen molar-refractivity contribution in [2.75, 3.05) is 28.6 Å². The van der Waals surface area contributed by atoms with Crippen LogP contribution in [0, 0.1) is 12.8 Å². The van der Waals surface area contributed by atoms with Crippen LogP contribution in [0.5, 0.6) is 0 Å². The Morgan fingerprint density at radius 3 is 2.85 bits per heavy atom. The lowest BCUT2D eigenvalue weighted by atomic mass is 10.2. The molecule has 1 aliphatic heterocycles. The monoisotopic (exact) mass is 465 g/mol. The second-order valence-corrected chi connectivity index (χ2v) is 9.45. The zero-order chi connectivity index (χ0) is 22.8. The highest BCUT2D eigenvalue weighted by Crippen LogP contribution is 2.39. The number of aromatic amines is 1. The fourth-order valence-electron chi connectivity index (χ4n) is 3.88. The third-order valence-corrected chi connectivity index (χ3v) is 6.59. The largest absolute Gasteiger partial charge is 0.339 e. The molecule has 2 aliphatic rings. The van der Waals surface area contributed by atoms with Gasteiger partial charge in [0.2, 0.25) is 12.4 Å². The Balaban J connectivity index is 0.000000215. The molecule has 1 saturated heterocycles. The van der Waals surface area contributed by atoms with Crippen LogP contribution < -0.4 is 15.5 Å². The van der Waals surface area contributed by atoms with E-state index >= 15 is 0 Å². The number of carbonyl (C=O) groups is 1. The summed E-state index contributed by atoms with van der Waals surface area (Å²) in [6.07, 6.45) is 6.32. The van der Waals surface area contributed by atoms with Crippen molar-refractivity contribution < 1.29 is 4.79 Å². The van der Waals surface area contributed by atoms with Crippen LogP contribution in [-0.4, -0.2) is 48.7 Å². The van der Waals surface area contributed by atoms with Crippen molar-refractivity contribution in [3.63, 3.8) is 0 Å². The van der Waals surface area contributed by atoms with Crippen LogP contribution in [0.4, 0.5) is 22.6 Å². The Labute approximate surface area is 195 Å². The number of nitrogens with one attached hydrogen (secondary N) is 3. The fraction of sp³-hybridized carbons (Fsp3) is 0.409. The first-order chi connectivity index (χ1) is 16.1. The van der Waals surface area contributed by atoms with Crippen molar-refractivity contribution in [3.8, 4) is 0 Å². The lowest BCUT2D eigenvalue weighted by Crippen LogP contribution is -2.23. The molecule has 0 aromatic carbocycles. The molecule has 4 aromatic rings. The standard InChI is InChI=1S/C17H21N7.C5H6N2OS/c1-11-6-8-23(10-11)17-19-16(14-3-2-7-24(14)22-17)18-15-9-13(20-21-15)12-4-5-12;1-4-2-5(6-3-8)9-7-4/h2-3,7,9,11-12H,4-6,8,10H2,1H3,(H2,18,19,20,21,22);2-3H,1H3,(H,6,8)/t11-;/m1./s1. The molecule has 0 radical (unpaired) electrons. The molecule has 1 atom stereocenters. The van der Waals surface area contributed by atoms with E-state index in [2.05, 4.69) is 48.2 Å². The van der Waals surface area contributed by atoms with Gasteiger partial charge in [-0.2, -0.15) is 14.5 Å². The highest BCUT2D eigenvalue weighted by atomic mass is 32.1. The number of hydrogen-bond donors (Lipinski definition) is 3. The van der Waals surface area contributed by atoms with Gasteiger partial charge in [0, 0.05) is 37.0 Å². The van der Waals surface area contributed by atoms with Crippen LogP contribution in [0.1, 0.15) is 43.5 Å². The summed E-state index contributed by atoms with van der Waals surface area (Å²) in [6, 6.07) is 7.93. The topological polar surface area (TPSA) is 116 Å². The minimum atomic E-state index is 0.646. The molecule has 1 amide bonds. The lowest BCUT2D eigenvalue weighted by molar-refractivity contribution is -0.105. The molecule has 5 heterocycles. The maximum atomic E-state index is 9.85. The number of rotatable bonds is 6. The Kier molecular flexibility index (Phi) is 5.95. The predicted molar refractivity (Wildman–Crippen MR) is 129 cm³/mol. The maximum Gasteiger partial charge on any atom is 0.245 e. The van der Waals surface area contributed by atoms with E-state index in [1.165, 1.54) is 36.5 Å². The second-order valence-electron chi connectivity index (χ2n) is 8.64. The Morgan fingerprint density at radius 1 is 1.27 bits per heavy atom. The van der Waals surface area contributed by atoms with Crippen LogP contribution >= 0.6 is 11.5 Å². The van der Waals surface area contributed by atoms with Crippen LogP contribution in [-0.2, 0) is 4.79 Å². The molecule has 2 fully saturated rings. The third-order valence-electron chi connectivity index (χ3n) is 5.78. The number of nitrogens with zero attached hydrogens (tertiary/aromatic N) is 6. The summed E-state index contributed by atoms with van der Waals surface area (Å²) < 4.78 is 5.85. The summed E-state index contributed by atoms with van der Waals surface area (Å²) >= 11 is 1.28. The summed E-state index contributed by atoms with van der Waals surface area (Å²) in [5.74, 6) is 3.76. The first-order valence-corrected chi connectivity index (χ1v) is 11.9. The Bertz CT molecular complexity index is 1240. The van der Waals surface area contributed by atoms with Gasteiger partial charge in [-0.15, -0.1) is 5.10 Å². The smallest absolute Gasteiger partial charge is 0.245 e. The second kappa shape index (κ2) is 9.18. The van der Waals surface area contributed by atoms with Crippen molar-refractivity contribution in [2.24, 2.45) is 5.92 Å².